The molecule has 0 spiro atoms. The first-order valence-corrected chi connectivity index (χ1v) is 6.76. The molecule has 5 heteroatoms. The molecule has 0 aliphatic rings. The quantitative estimate of drug-likeness (QED) is 0.850. The minimum atomic E-state index is -0.610. The van der Waals surface area contributed by atoms with Crippen molar-refractivity contribution in [1.29, 1.82) is 0 Å². The molecular weight excluding hydrogens is 336 g/mol. The van der Waals surface area contributed by atoms with Gasteiger partial charge in [-0.1, -0.05) is 27.5 Å². The molecule has 0 aromatic heterocycles. The average Bonchev–Trinajstić information content (AvgIpc) is 2.33. The summed E-state index contributed by atoms with van der Waals surface area (Å²) < 4.78 is 27.5. The highest BCUT2D eigenvalue weighted by atomic mass is 79.9. The Hall–Kier alpha value is -0.970. The van der Waals surface area contributed by atoms with E-state index in [-0.39, 0.29) is 6.04 Å². The van der Waals surface area contributed by atoms with Gasteiger partial charge in [-0.2, -0.15) is 0 Å². The number of hydrogen-bond donors (Lipinski definition) is 1. The van der Waals surface area contributed by atoms with Crippen molar-refractivity contribution in [3.05, 3.63) is 68.7 Å². The van der Waals surface area contributed by atoms with Crippen LogP contribution in [0, 0.1) is 11.6 Å². The SMILES string of the molecule is CNC(c1cc(F)cc(F)c1)c1cc(Br)ccc1Cl. The zero-order valence-electron chi connectivity index (χ0n) is 10.1. The van der Waals surface area contributed by atoms with Gasteiger partial charge in [-0.3, -0.25) is 0 Å². The molecular formula is C14H11BrClF2N. The molecule has 0 saturated heterocycles. The minimum absolute atomic E-state index is 0.379. The third-order valence-corrected chi connectivity index (χ3v) is 3.61. The number of benzene rings is 2. The van der Waals surface area contributed by atoms with E-state index in [4.69, 9.17) is 11.6 Å². The lowest BCUT2D eigenvalue weighted by Crippen LogP contribution is -2.18. The molecule has 0 bridgehead atoms. The van der Waals surface area contributed by atoms with Crippen molar-refractivity contribution in [3.63, 3.8) is 0 Å². The lowest BCUT2D eigenvalue weighted by atomic mass is 9.98. The molecule has 1 unspecified atom stereocenters. The van der Waals surface area contributed by atoms with Gasteiger partial charge in [-0.05, 0) is 48.5 Å². The van der Waals surface area contributed by atoms with Crippen molar-refractivity contribution < 1.29 is 8.78 Å². The van der Waals surface area contributed by atoms with E-state index in [0.29, 0.717) is 10.6 Å². The van der Waals surface area contributed by atoms with Crippen molar-refractivity contribution >= 4 is 27.5 Å². The van der Waals surface area contributed by atoms with Crippen LogP contribution in [0.2, 0.25) is 5.02 Å². The number of hydrogen-bond acceptors (Lipinski definition) is 1. The summed E-state index contributed by atoms with van der Waals surface area (Å²) >= 11 is 9.51. The second-order valence-electron chi connectivity index (χ2n) is 4.09. The first kappa shape index (κ1) is 14.4. The van der Waals surface area contributed by atoms with Gasteiger partial charge in [0, 0.05) is 15.6 Å². The number of halogens is 4. The van der Waals surface area contributed by atoms with E-state index >= 15 is 0 Å². The van der Waals surface area contributed by atoms with Crippen LogP contribution in [0.3, 0.4) is 0 Å². The normalized spacial score (nSPS) is 12.5. The summed E-state index contributed by atoms with van der Waals surface area (Å²) in [5, 5.41) is 3.55. The zero-order chi connectivity index (χ0) is 14.0. The summed E-state index contributed by atoms with van der Waals surface area (Å²) in [5.74, 6) is -1.22. The van der Waals surface area contributed by atoms with Gasteiger partial charge in [-0.15, -0.1) is 0 Å². The summed E-state index contributed by atoms with van der Waals surface area (Å²) in [6, 6.07) is 8.43. The van der Waals surface area contributed by atoms with Gasteiger partial charge in [0.05, 0.1) is 6.04 Å². The summed E-state index contributed by atoms with van der Waals surface area (Å²) in [6.07, 6.45) is 0. The topological polar surface area (TPSA) is 12.0 Å². The Bertz CT molecular complexity index is 584. The highest BCUT2D eigenvalue weighted by Gasteiger charge is 2.17. The van der Waals surface area contributed by atoms with Crippen LogP contribution in [0.15, 0.2) is 40.9 Å². The molecule has 100 valence electrons. The van der Waals surface area contributed by atoms with E-state index in [1.54, 1.807) is 13.1 Å². The third-order valence-electron chi connectivity index (χ3n) is 2.78. The van der Waals surface area contributed by atoms with E-state index in [0.717, 1.165) is 16.1 Å². The van der Waals surface area contributed by atoms with Crippen LogP contribution < -0.4 is 5.32 Å². The van der Waals surface area contributed by atoms with Crippen LogP contribution in [0.25, 0.3) is 0 Å². The molecule has 2 aromatic rings. The molecule has 1 nitrogen and oxygen atoms in total. The van der Waals surface area contributed by atoms with Crippen LogP contribution in [0.4, 0.5) is 8.78 Å². The highest BCUT2D eigenvalue weighted by molar-refractivity contribution is 9.10. The molecule has 0 saturated carbocycles. The average molecular weight is 347 g/mol. The summed E-state index contributed by atoms with van der Waals surface area (Å²) in [7, 11) is 1.71. The predicted octanol–water partition coefficient (Wildman–Crippen LogP) is 4.69. The third kappa shape index (κ3) is 3.32. The highest BCUT2D eigenvalue weighted by Crippen LogP contribution is 2.31. The van der Waals surface area contributed by atoms with Crippen LogP contribution in [0.1, 0.15) is 17.2 Å². The van der Waals surface area contributed by atoms with Gasteiger partial charge in [0.1, 0.15) is 11.6 Å². The van der Waals surface area contributed by atoms with Crippen molar-refractivity contribution in [2.75, 3.05) is 7.05 Å². The molecule has 2 rings (SSSR count). The molecule has 0 radical (unpaired) electrons. The van der Waals surface area contributed by atoms with Gasteiger partial charge >= 0.3 is 0 Å². The van der Waals surface area contributed by atoms with Crippen LogP contribution in [0.5, 0.6) is 0 Å². The Labute approximate surface area is 123 Å². The van der Waals surface area contributed by atoms with E-state index < -0.39 is 11.6 Å². The molecule has 0 amide bonds. The Morgan fingerprint density at radius 3 is 2.32 bits per heavy atom. The molecule has 1 N–H and O–H groups in total. The Morgan fingerprint density at radius 1 is 1.11 bits per heavy atom. The fraction of sp³-hybridized carbons (Fsp3) is 0.143. The Balaban J connectivity index is 2.52. The Morgan fingerprint density at radius 2 is 1.74 bits per heavy atom. The monoisotopic (exact) mass is 345 g/mol. The van der Waals surface area contributed by atoms with E-state index in [1.165, 1.54) is 12.1 Å². The Kier molecular flexibility index (Phi) is 4.55. The zero-order valence-corrected chi connectivity index (χ0v) is 12.4. The molecule has 0 aliphatic carbocycles. The van der Waals surface area contributed by atoms with Crippen LogP contribution >= 0.6 is 27.5 Å². The maximum Gasteiger partial charge on any atom is 0.126 e. The minimum Gasteiger partial charge on any atom is -0.309 e. The molecule has 2 aromatic carbocycles. The lowest BCUT2D eigenvalue weighted by Gasteiger charge is -2.19. The van der Waals surface area contributed by atoms with Crippen molar-refractivity contribution in [1.82, 2.24) is 5.32 Å². The van der Waals surface area contributed by atoms with E-state index in [2.05, 4.69) is 21.2 Å². The van der Waals surface area contributed by atoms with Crippen LogP contribution in [-0.2, 0) is 0 Å². The standard InChI is InChI=1S/C14H11BrClF2N/c1-19-14(8-4-10(17)7-11(18)5-8)12-6-9(15)2-3-13(12)16/h2-7,14,19H,1H3. The second-order valence-corrected chi connectivity index (χ2v) is 5.41. The van der Waals surface area contributed by atoms with Gasteiger partial charge in [0.2, 0.25) is 0 Å². The number of rotatable bonds is 3. The molecule has 19 heavy (non-hydrogen) atoms. The lowest BCUT2D eigenvalue weighted by molar-refractivity contribution is 0.571. The predicted molar refractivity (Wildman–Crippen MR) is 76.4 cm³/mol. The second kappa shape index (κ2) is 5.99. The largest absolute Gasteiger partial charge is 0.309 e. The first-order valence-electron chi connectivity index (χ1n) is 5.59. The van der Waals surface area contributed by atoms with Gasteiger partial charge in [0.25, 0.3) is 0 Å². The molecule has 0 aliphatic heterocycles. The fourth-order valence-corrected chi connectivity index (χ4v) is 2.58. The van der Waals surface area contributed by atoms with E-state index in [9.17, 15) is 8.78 Å². The van der Waals surface area contributed by atoms with Crippen molar-refractivity contribution in [2.45, 2.75) is 6.04 Å². The van der Waals surface area contributed by atoms with Crippen LogP contribution in [-0.4, -0.2) is 7.05 Å². The summed E-state index contributed by atoms with van der Waals surface area (Å²) in [4.78, 5) is 0. The molecule has 1 atom stereocenters. The first-order chi connectivity index (χ1) is 9.01. The fourth-order valence-electron chi connectivity index (χ4n) is 1.98. The van der Waals surface area contributed by atoms with E-state index in [1.807, 2.05) is 12.1 Å². The summed E-state index contributed by atoms with van der Waals surface area (Å²) in [5.41, 5.74) is 1.24. The molecule has 0 fully saturated rings. The number of nitrogens with one attached hydrogen (secondary N) is 1. The maximum absolute atomic E-state index is 13.3. The van der Waals surface area contributed by atoms with Crippen molar-refractivity contribution in [3.8, 4) is 0 Å². The van der Waals surface area contributed by atoms with Gasteiger partial charge in [-0.25, -0.2) is 8.78 Å². The molecule has 0 heterocycles. The van der Waals surface area contributed by atoms with Gasteiger partial charge in [0.15, 0.2) is 0 Å². The maximum atomic E-state index is 13.3. The van der Waals surface area contributed by atoms with Crippen molar-refractivity contribution in [2.24, 2.45) is 0 Å². The smallest absolute Gasteiger partial charge is 0.126 e. The summed E-state index contributed by atoms with van der Waals surface area (Å²) in [6.45, 7) is 0. The van der Waals surface area contributed by atoms with Gasteiger partial charge < -0.3 is 5.32 Å².